The van der Waals surface area contributed by atoms with Crippen LogP contribution in [0.2, 0.25) is 0 Å². The van der Waals surface area contributed by atoms with E-state index in [1.165, 1.54) is 51.0 Å². The molecule has 0 N–H and O–H groups in total. The fourth-order valence-electron chi connectivity index (χ4n) is 3.81. The Hall–Kier alpha value is -2.96. The molecule has 7 nitrogen and oxygen atoms in total. The van der Waals surface area contributed by atoms with E-state index in [4.69, 9.17) is 18.9 Å². The summed E-state index contributed by atoms with van der Waals surface area (Å²) in [6.07, 6.45) is 9.95. The molecule has 1 aromatic heterocycles. The number of amidine groups is 1. The second-order valence-electron chi connectivity index (χ2n) is 7.61. The van der Waals surface area contributed by atoms with Crippen molar-refractivity contribution < 1.29 is 18.9 Å². The van der Waals surface area contributed by atoms with Gasteiger partial charge in [0.2, 0.25) is 0 Å². The van der Waals surface area contributed by atoms with Crippen molar-refractivity contribution in [2.45, 2.75) is 32.1 Å². The largest absolute Gasteiger partial charge is 0.486 e. The number of nitrogens with zero attached hydrogens (tertiary/aromatic N) is 3. The normalized spacial score (nSPS) is 18.6. The van der Waals surface area contributed by atoms with Crippen molar-refractivity contribution in [1.82, 2.24) is 9.88 Å². The van der Waals surface area contributed by atoms with E-state index in [9.17, 15) is 0 Å². The molecule has 0 amide bonds. The standard InChI is InChI=1S/C9H16N2.C8H8O2.C7H7NO2/c1-3-7-11-8-4-2-6-10-9(11)5-1;1-2-4-8-7(3-1)9-5-6-10-8;1-2-8-5-7-6(1)9-3-4-10-7/h1-8H2;1-4H,5-6H2;1-2,5H,3-4H2. The van der Waals surface area contributed by atoms with E-state index in [-0.39, 0.29) is 0 Å². The molecule has 1 aromatic carbocycles. The third-order valence-electron chi connectivity index (χ3n) is 5.37. The number of piperidine rings is 1. The van der Waals surface area contributed by atoms with Gasteiger partial charge in [0.05, 0.1) is 12.0 Å². The summed E-state index contributed by atoms with van der Waals surface area (Å²) in [5, 5.41) is 0. The SMILES string of the molecule is C1CCN2CCCCC2=NC1.c1cc2c(cn1)OCCO2.c1ccc2c(c1)OCCO2. The van der Waals surface area contributed by atoms with Crippen LogP contribution >= 0.6 is 0 Å². The number of rotatable bonds is 0. The van der Waals surface area contributed by atoms with Crippen LogP contribution < -0.4 is 18.9 Å². The molecule has 0 aliphatic carbocycles. The highest BCUT2D eigenvalue weighted by molar-refractivity contribution is 5.83. The molecule has 31 heavy (non-hydrogen) atoms. The van der Waals surface area contributed by atoms with Crippen molar-refractivity contribution >= 4 is 5.84 Å². The van der Waals surface area contributed by atoms with Crippen molar-refractivity contribution in [2.75, 3.05) is 46.1 Å². The number of hydrogen-bond acceptors (Lipinski definition) is 7. The fourth-order valence-corrected chi connectivity index (χ4v) is 3.81. The summed E-state index contributed by atoms with van der Waals surface area (Å²) in [5.74, 6) is 4.64. The van der Waals surface area contributed by atoms with Crippen molar-refractivity contribution in [3.63, 3.8) is 0 Å². The van der Waals surface area contributed by atoms with Gasteiger partial charge in [0, 0.05) is 38.3 Å². The summed E-state index contributed by atoms with van der Waals surface area (Å²) in [6, 6.07) is 9.50. The van der Waals surface area contributed by atoms with Gasteiger partial charge in [0.1, 0.15) is 26.4 Å². The number of aliphatic imine (C=N–C) groups is 1. The monoisotopic (exact) mass is 425 g/mol. The Morgan fingerprint density at radius 1 is 0.677 bits per heavy atom. The maximum atomic E-state index is 5.30. The van der Waals surface area contributed by atoms with Crippen LogP contribution in [-0.2, 0) is 0 Å². The summed E-state index contributed by atoms with van der Waals surface area (Å²) >= 11 is 0. The van der Waals surface area contributed by atoms with Gasteiger partial charge in [-0.2, -0.15) is 0 Å². The molecule has 166 valence electrons. The minimum atomic E-state index is 0.624. The third kappa shape index (κ3) is 6.26. The predicted molar refractivity (Wildman–Crippen MR) is 120 cm³/mol. The highest BCUT2D eigenvalue weighted by Gasteiger charge is 2.17. The summed E-state index contributed by atoms with van der Waals surface area (Å²) in [6.45, 7) is 6.19. The lowest BCUT2D eigenvalue weighted by molar-refractivity contribution is 0.170. The number of fused-ring (bicyclic) bond motifs is 3. The van der Waals surface area contributed by atoms with E-state index in [0.29, 0.717) is 26.4 Å². The maximum Gasteiger partial charge on any atom is 0.179 e. The van der Waals surface area contributed by atoms with Crippen LogP contribution in [0.3, 0.4) is 0 Å². The van der Waals surface area contributed by atoms with Gasteiger partial charge >= 0.3 is 0 Å². The minimum Gasteiger partial charge on any atom is -0.486 e. The number of ether oxygens (including phenoxy) is 4. The van der Waals surface area contributed by atoms with E-state index in [0.717, 1.165) is 29.5 Å². The van der Waals surface area contributed by atoms with E-state index in [2.05, 4.69) is 14.9 Å². The number of pyridine rings is 1. The molecule has 2 aromatic rings. The van der Waals surface area contributed by atoms with E-state index in [1.807, 2.05) is 24.3 Å². The molecular weight excluding hydrogens is 394 g/mol. The predicted octanol–water partition coefficient (Wildman–Crippen LogP) is 3.98. The summed E-state index contributed by atoms with van der Waals surface area (Å²) in [5.41, 5.74) is 0. The molecule has 1 saturated heterocycles. The average Bonchev–Trinajstić information content (AvgIpc) is 3.11. The van der Waals surface area contributed by atoms with Gasteiger partial charge in [0.15, 0.2) is 23.0 Å². The third-order valence-corrected chi connectivity index (χ3v) is 5.37. The molecular formula is C24H31N3O4. The van der Waals surface area contributed by atoms with Gasteiger partial charge in [-0.25, -0.2) is 0 Å². The zero-order valence-corrected chi connectivity index (χ0v) is 18.0. The quantitative estimate of drug-likeness (QED) is 0.636. The molecule has 4 aliphatic rings. The van der Waals surface area contributed by atoms with Crippen LogP contribution in [0.4, 0.5) is 0 Å². The number of aromatic nitrogens is 1. The Kier molecular flexibility index (Phi) is 7.85. The van der Waals surface area contributed by atoms with Crippen molar-refractivity contribution in [3.05, 3.63) is 42.7 Å². The molecule has 0 radical (unpaired) electrons. The molecule has 1 fully saturated rings. The van der Waals surface area contributed by atoms with Crippen LogP contribution in [-0.4, -0.2) is 61.8 Å². The van der Waals surface area contributed by atoms with E-state index < -0.39 is 0 Å². The molecule has 0 saturated carbocycles. The first-order chi connectivity index (χ1) is 15.4. The van der Waals surface area contributed by atoms with Gasteiger partial charge in [-0.1, -0.05) is 12.1 Å². The number of para-hydroxylation sites is 2. The van der Waals surface area contributed by atoms with E-state index >= 15 is 0 Å². The van der Waals surface area contributed by atoms with Gasteiger partial charge in [-0.05, 0) is 37.8 Å². The second kappa shape index (κ2) is 11.4. The van der Waals surface area contributed by atoms with Gasteiger partial charge in [-0.3, -0.25) is 9.98 Å². The molecule has 4 aliphatic heterocycles. The zero-order chi connectivity index (χ0) is 21.1. The summed E-state index contributed by atoms with van der Waals surface area (Å²) in [7, 11) is 0. The Labute approximate surface area is 184 Å². The van der Waals surface area contributed by atoms with Crippen LogP contribution in [0.25, 0.3) is 0 Å². The molecule has 6 rings (SSSR count). The van der Waals surface area contributed by atoms with E-state index in [1.54, 1.807) is 18.5 Å². The summed E-state index contributed by atoms with van der Waals surface area (Å²) < 4.78 is 21.1. The lowest BCUT2D eigenvalue weighted by Crippen LogP contribution is -2.35. The first-order valence-corrected chi connectivity index (χ1v) is 11.2. The fraction of sp³-hybridized carbons (Fsp3) is 0.500. The molecule has 0 bridgehead atoms. The molecule has 7 heteroatoms. The van der Waals surface area contributed by atoms with Crippen molar-refractivity contribution in [3.8, 4) is 23.0 Å². The van der Waals surface area contributed by atoms with Crippen LogP contribution in [0.15, 0.2) is 47.7 Å². The van der Waals surface area contributed by atoms with Crippen molar-refractivity contribution in [2.24, 2.45) is 4.99 Å². The molecule has 0 unspecified atom stereocenters. The maximum absolute atomic E-state index is 5.30. The lowest BCUT2D eigenvalue weighted by atomic mass is 10.1. The van der Waals surface area contributed by atoms with Crippen LogP contribution in [0.1, 0.15) is 32.1 Å². The lowest BCUT2D eigenvalue weighted by Gasteiger charge is -2.28. The Bertz CT molecular complexity index is 757. The number of benzene rings is 1. The molecule has 0 atom stereocenters. The minimum absolute atomic E-state index is 0.624. The average molecular weight is 426 g/mol. The molecule has 0 spiro atoms. The highest BCUT2D eigenvalue weighted by atomic mass is 16.6. The van der Waals surface area contributed by atoms with Crippen molar-refractivity contribution in [1.29, 1.82) is 0 Å². The Balaban J connectivity index is 0.000000112. The smallest absolute Gasteiger partial charge is 0.179 e. The highest BCUT2D eigenvalue weighted by Crippen LogP contribution is 2.28. The first-order valence-electron chi connectivity index (χ1n) is 11.2. The summed E-state index contributed by atoms with van der Waals surface area (Å²) in [4.78, 5) is 11.0. The van der Waals surface area contributed by atoms with Gasteiger partial charge in [-0.15, -0.1) is 0 Å². The topological polar surface area (TPSA) is 65.4 Å². The van der Waals surface area contributed by atoms with Crippen LogP contribution in [0, 0.1) is 0 Å². The molecule has 5 heterocycles. The van der Waals surface area contributed by atoms with Gasteiger partial charge in [0.25, 0.3) is 0 Å². The zero-order valence-electron chi connectivity index (χ0n) is 18.0. The second-order valence-corrected chi connectivity index (χ2v) is 7.61. The first kappa shape index (κ1) is 21.3. The Morgan fingerprint density at radius 3 is 1.97 bits per heavy atom. The van der Waals surface area contributed by atoms with Gasteiger partial charge < -0.3 is 23.8 Å². The Morgan fingerprint density at radius 2 is 1.29 bits per heavy atom. The van der Waals surface area contributed by atoms with Crippen LogP contribution in [0.5, 0.6) is 23.0 Å². The number of hydrogen-bond donors (Lipinski definition) is 0.